The predicted molar refractivity (Wildman–Crippen MR) is 74.7 cm³/mol. The van der Waals surface area contributed by atoms with E-state index in [9.17, 15) is 4.79 Å². The van der Waals surface area contributed by atoms with Gasteiger partial charge in [0, 0.05) is 25.1 Å². The molecule has 0 radical (unpaired) electrons. The fourth-order valence-electron chi connectivity index (χ4n) is 1.73. The molecule has 1 amide bonds. The second-order valence-corrected chi connectivity index (χ2v) is 4.14. The average molecular weight is 267 g/mol. The number of rotatable bonds is 3. The van der Waals surface area contributed by atoms with Crippen molar-refractivity contribution in [3.63, 3.8) is 0 Å². The van der Waals surface area contributed by atoms with Gasteiger partial charge in [0.25, 0.3) is 5.91 Å². The number of pyridine rings is 1. The molecule has 0 aliphatic rings. The number of anilines is 1. The van der Waals surface area contributed by atoms with E-state index in [1.54, 1.807) is 38.4 Å². The van der Waals surface area contributed by atoms with Crippen molar-refractivity contribution in [2.45, 2.75) is 0 Å². The summed E-state index contributed by atoms with van der Waals surface area (Å²) in [6.45, 7) is 0. The monoisotopic (exact) mass is 267 g/mol. The highest BCUT2D eigenvalue weighted by Crippen LogP contribution is 2.19. The molecule has 1 aromatic heterocycles. The van der Waals surface area contributed by atoms with Crippen LogP contribution in [-0.2, 0) is 0 Å². The summed E-state index contributed by atoms with van der Waals surface area (Å²) >= 11 is 0. The molecule has 20 heavy (non-hydrogen) atoms. The van der Waals surface area contributed by atoms with E-state index >= 15 is 0 Å². The zero-order chi connectivity index (χ0) is 14.5. The molecule has 1 heterocycles. The number of hydrogen-bond donors (Lipinski definition) is 0. The molecule has 2 rings (SSSR count). The highest BCUT2D eigenvalue weighted by Gasteiger charge is 2.14. The molecule has 0 fully saturated rings. The molecule has 0 bridgehead atoms. The third-order valence-corrected chi connectivity index (χ3v) is 2.88. The van der Waals surface area contributed by atoms with E-state index in [1.165, 1.54) is 23.4 Å². The third kappa shape index (κ3) is 2.75. The minimum Gasteiger partial charge on any atom is -0.497 e. The molecular formula is C15H13N3O2. The minimum atomic E-state index is -0.222. The third-order valence-electron chi connectivity index (χ3n) is 2.88. The molecule has 0 aliphatic carbocycles. The van der Waals surface area contributed by atoms with E-state index in [-0.39, 0.29) is 5.91 Å². The van der Waals surface area contributed by atoms with Crippen LogP contribution in [0.25, 0.3) is 0 Å². The summed E-state index contributed by atoms with van der Waals surface area (Å²) in [5.41, 5.74) is 1.47. The highest BCUT2D eigenvalue weighted by atomic mass is 16.5. The number of amides is 1. The topological polar surface area (TPSA) is 66.2 Å². The fraction of sp³-hybridized carbons (Fsp3) is 0.133. The van der Waals surface area contributed by atoms with Crippen LogP contribution in [0.2, 0.25) is 0 Å². The molecule has 1 aromatic carbocycles. The van der Waals surface area contributed by atoms with Crippen molar-refractivity contribution in [1.82, 2.24) is 4.98 Å². The van der Waals surface area contributed by atoms with Crippen molar-refractivity contribution in [2.24, 2.45) is 0 Å². The lowest BCUT2D eigenvalue weighted by Gasteiger charge is -2.17. The molecule has 0 saturated carbocycles. The number of methoxy groups -OCH3 is 1. The van der Waals surface area contributed by atoms with Crippen molar-refractivity contribution in [3.8, 4) is 11.8 Å². The number of aromatic nitrogens is 1. The quantitative estimate of drug-likeness (QED) is 0.855. The zero-order valence-electron chi connectivity index (χ0n) is 11.2. The number of carbonyl (C=O) groups excluding carboxylic acids is 1. The number of carbonyl (C=O) groups is 1. The van der Waals surface area contributed by atoms with Crippen molar-refractivity contribution in [3.05, 3.63) is 53.9 Å². The molecule has 0 atom stereocenters. The number of nitrogens with zero attached hydrogens (tertiary/aromatic N) is 3. The largest absolute Gasteiger partial charge is 0.497 e. The number of ether oxygens (including phenoxy) is 1. The Bertz CT molecular complexity index is 660. The van der Waals surface area contributed by atoms with Crippen LogP contribution in [0.5, 0.6) is 5.75 Å². The van der Waals surface area contributed by atoms with Crippen LogP contribution in [0.4, 0.5) is 5.69 Å². The van der Waals surface area contributed by atoms with Crippen molar-refractivity contribution in [1.29, 1.82) is 5.26 Å². The maximum absolute atomic E-state index is 12.3. The molecule has 5 heteroatoms. The zero-order valence-corrected chi connectivity index (χ0v) is 11.2. The maximum atomic E-state index is 12.3. The van der Waals surface area contributed by atoms with Crippen LogP contribution < -0.4 is 9.64 Å². The van der Waals surface area contributed by atoms with Gasteiger partial charge in [-0.15, -0.1) is 0 Å². The number of hydrogen-bond acceptors (Lipinski definition) is 4. The van der Waals surface area contributed by atoms with Gasteiger partial charge in [0.15, 0.2) is 0 Å². The van der Waals surface area contributed by atoms with Gasteiger partial charge in [-0.1, -0.05) is 0 Å². The van der Waals surface area contributed by atoms with Gasteiger partial charge >= 0.3 is 0 Å². The minimum absolute atomic E-state index is 0.222. The normalized spacial score (nSPS) is 9.65. The fourth-order valence-corrected chi connectivity index (χ4v) is 1.73. The standard InChI is InChI=1S/C15H13N3O2/c1-18(13-3-5-14(20-2)6-4-13)15(19)12-7-11(8-16)9-17-10-12/h3-7,9-10H,1-2H3. The molecule has 0 N–H and O–H groups in total. The second kappa shape index (κ2) is 5.85. The lowest BCUT2D eigenvalue weighted by Crippen LogP contribution is -2.26. The van der Waals surface area contributed by atoms with E-state index in [4.69, 9.17) is 10.00 Å². The van der Waals surface area contributed by atoms with Crippen molar-refractivity contribution < 1.29 is 9.53 Å². The molecule has 5 nitrogen and oxygen atoms in total. The molecule has 100 valence electrons. The van der Waals surface area contributed by atoms with Gasteiger partial charge in [0.05, 0.1) is 18.2 Å². The van der Waals surface area contributed by atoms with Gasteiger partial charge < -0.3 is 9.64 Å². The van der Waals surface area contributed by atoms with E-state index in [1.807, 2.05) is 6.07 Å². The SMILES string of the molecule is COc1ccc(N(C)C(=O)c2cncc(C#N)c2)cc1. The van der Waals surface area contributed by atoms with Gasteiger partial charge in [-0.3, -0.25) is 9.78 Å². The van der Waals surface area contributed by atoms with Gasteiger partial charge in [0.1, 0.15) is 11.8 Å². The first-order chi connectivity index (χ1) is 9.65. The summed E-state index contributed by atoms with van der Waals surface area (Å²) in [5, 5.41) is 8.83. The van der Waals surface area contributed by atoms with Crippen LogP contribution >= 0.6 is 0 Å². The summed E-state index contributed by atoms with van der Waals surface area (Å²) in [7, 11) is 3.26. The Morgan fingerprint density at radius 3 is 2.60 bits per heavy atom. The summed E-state index contributed by atoms with van der Waals surface area (Å²) in [6.07, 6.45) is 2.87. The molecule has 0 saturated heterocycles. The van der Waals surface area contributed by atoms with Gasteiger partial charge in [-0.2, -0.15) is 5.26 Å². The van der Waals surface area contributed by atoms with Crippen LogP contribution in [0.15, 0.2) is 42.7 Å². The smallest absolute Gasteiger partial charge is 0.259 e. The Kier molecular flexibility index (Phi) is 3.96. The Balaban J connectivity index is 2.25. The lowest BCUT2D eigenvalue weighted by molar-refractivity contribution is 0.0992. The average Bonchev–Trinajstić information content (AvgIpc) is 2.53. The molecule has 2 aromatic rings. The van der Waals surface area contributed by atoms with Gasteiger partial charge in [-0.25, -0.2) is 0 Å². The van der Waals surface area contributed by atoms with Crippen molar-refractivity contribution in [2.75, 3.05) is 19.1 Å². The second-order valence-electron chi connectivity index (χ2n) is 4.14. The molecular weight excluding hydrogens is 254 g/mol. The Morgan fingerprint density at radius 1 is 1.30 bits per heavy atom. The molecule has 0 aliphatic heterocycles. The highest BCUT2D eigenvalue weighted by molar-refractivity contribution is 6.05. The van der Waals surface area contributed by atoms with Crippen molar-refractivity contribution >= 4 is 11.6 Å². The Hall–Kier alpha value is -2.87. The first-order valence-electron chi connectivity index (χ1n) is 5.93. The van der Waals surface area contributed by atoms with Crippen LogP contribution in [0.3, 0.4) is 0 Å². The first kappa shape index (κ1) is 13.6. The summed E-state index contributed by atoms with van der Waals surface area (Å²) in [5.74, 6) is 0.502. The van der Waals surface area contributed by atoms with Crippen LogP contribution in [-0.4, -0.2) is 25.0 Å². The van der Waals surface area contributed by atoms with E-state index in [2.05, 4.69) is 4.98 Å². The van der Waals surface area contributed by atoms with Crippen LogP contribution in [0, 0.1) is 11.3 Å². The van der Waals surface area contributed by atoms with Gasteiger partial charge in [0.2, 0.25) is 0 Å². The van der Waals surface area contributed by atoms with E-state index < -0.39 is 0 Å². The van der Waals surface area contributed by atoms with Crippen LogP contribution in [0.1, 0.15) is 15.9 Å². The lowest BCUT2D eigenvalue weighted by atomic mass is 10.2. The maximum Gasteiger partial charge on any atom is 0.259 e. The summed E-state index contributed by atoms with van der Waals surface area (Å²) in [4.78, 5) is 17.7. The Morgan fingerprint density at radius 2 is 2.00 bits per heavy atom. The van der Waals surface area contributed by atoms with E-state index in [0.717, 1.165) is 11.4 Å². The first-order valence-corrected chi connectivity index (χ1v) is 5.93. The number of nitriles is 1. The molecule has 0 unspecified atom stereocenters. The Labute approximate surface area is 117 Å². The van der Waals surface area contributed by atoms with E-state index in [0.29, 0.717) is 11.1 Å². The van der Waals surface area contributed by atoms with Gasteiger partial charge in [-0.05, 0) is 30.3 Å². The predicted octanol–water partition coefficient (Wildman–Crippen LogP) is 2.24. The summed E-state index contributed by atoms with van der Waals surface area (Å²) in [6, 6.07) is 10.6. The summed E-state index contributed by atoms with van der Waals surface area (Å²) < 4.78 is 5.07. The molecule has 0 spiro atoms. The number of benzene rings is 1.